The normalized spacial score (nSPS) is 47.5. The van der Waals surface area contributed by atoms with Crippen LogP contribution in [0.15, 0.2) is 0 Å². The highest BCUT2D eigenvalue weighted by atomic mass is 14.6. The topological polar surface area (TPSA) is 0 Å². The maximum Gasteiger partial charge on any atom is -0.0295 e. The molecule has 0 heterocycles. The maximum absolute atomic E-state index is 2.49. The van der Waals surface area contributed by atoms with Gasteiger partial charge in [0.05, 0.1) is 0 Å². The molecule has 3 fully saturated rings. The van der Waals surface area contributed by atoms with E-state index in [0.29, 0.717) is 5.41 Å². The number of hydrogen-bond donors (Lipinski definition) is 0. The summed E-state index contributed by atoms with van der Waals surface area (Å²) in [5.41, 5.74) is 0.671. The Hall–Kier alpha value is 0. The predicted octanol–water partition coefficient (Wildman–Crippen LogP) is 3.96. The second-order valence-corrected chi connectivity index (χ2v) is 6.36. The molecular formula is C13H24. The minimum atomic E-state index is 0.671. The van der Waals surface area contributed by atoms with E-state index in [2.05, 4.69) is 34.6 Å². The van der Waals surface area contributed by atoms with Gasteiger partial charge in [-0.1, -0.05) is 34.6 Å². The summed E-state index contributed by atoms with van der Waals surface area (Å²) in [7, 11) is 0. The Morgan fingerprint density at radius 1 is 1.15 bits per heavy atom. The molecule has 0 saturated heterocycles. The predicted molar refractivity (Wildman–Crippen MR) is 57.5 cm³/mol. The van der Waals surface area contributed by atoms with Gasteiger partial charge in [0, 0.05) is 0 Å². The van der Waals surface area contributed by atoms with Gasteiger partial charge in [-0.3, -0.25) is 0 Å². The van der Waals surface area contributed by atoms with Gasteiger partial charge in [0.1, 0.15) is 0 Å². The largest absolute Gasteiger partial charge is 0.0625 e. The maximum atomic E-state index is 2.49. The highest BCUT2D eigenvalue weighted by Crippen LogP contribution is 2.63. The molecule has 13 heavy (non-hydrogen) atoms. The number of hydrogen-bond acceptors (Lipinski definition) is 0. The zero-order valence-corrected chi connectivity index (χ0v) is 9.80. The van der Waals surface area contributed by atoms with Crippen molar-refractivity contribution in [2.45, 2.75) is 47.5 Å². The molecule has 76 valence electrons. The van der Waals surface area contributed by atoms with Crippen LogP contribution >= 0.6 is 0 Å². The molecule has 0 aromatic carbocycles. The average molecular weight is 180 g/mol. The van der Waals surface area contributed by atoms with Crippen molar-refractivity contribution in [1.29, 1.82) is 0 Å². The Balaban J connectivity index is 2.12. The van der Waals surface area contributed by atoms with Crippen LogP contribution in [0, 0.1) is 35.0 Å². The van der Waals surface area contributed by atoms with Gasteiger partial charge in [0.2, 0.25) is 0 Å². The van der Waals surface area contributed by atoms with Gasteiger partial charge in [0.25, 0.3) is 0 Å². The summed E-state index contributed by atoms with van der Waals surface area (Å²) in [4.78, 5) is 0. The summed E-state index contributed by atoms with van der Waals surface area (Å²) in [6.07, 6.45) is 3.03. The molecule has 4 atom stereocenters. The fourth-order valence-electron chi connectivity index (χ4n) is 4.07. The fraction of sp³-hybridized carbons (Fsp3) is 1.00. The molecule has 0 aromatic heterocycles. The van der Waals surface area contributed by atoms with E-state index in [9.17, 15) is 0 Å². The van der Waals surface area contributed by atoms with E-state index < -0.39 is 0 Å². The summed E-state index contributed by atoms with van der Waals surface area (Å²) in [6, 6.07) is 0. The van der Waals surface area contributed by atoms with Crippen molar-refractivity contribution in [3.63, 3.8) is 0 Å². The van der Waals surface area contributed by atoms with Crippen LogP contribution in [0.3, 0.4) is 0 Å². The van der Waals surface area contributed by atoms with Crippen molar-refractivity contribution >= 4 is 0 Å². The minimum absolute atomic E-state index is 0.671. The molecular weight excluding hydrogens is 156 g/mol. The standard InChI is InChI=1S/C13H24/c1-8(2)11-6-10-7-12(9(11)3)13(10,4)5/h8-12H,6-7H2,1-5H3/t9-,10?,11?,12?/m1/s1. The quantitative estimate of drug-likeness (QED) is 0.573. The molecule has 0 N–H and O–H groups in total. The lowest BCUT2D eigenvalue weighted by molar-refractivity contribution is -0.137. The molecule has 3 unspecified atom stereocenters. The van der Waals surface area contributed by atoms with Crippen LogP contribution in [0.5, 0.6) is 0 Å². The van der Waals surface area contributed by atoms with Crippen LogP contribution in [0.1, 0.15) is 47.5 Å². The van der Waals surface area contributed by atoms with Crippen LogP contribution in [0.2, 0.25) is 0 Å². The molecule has 0 nitrogen and oxygen atoms in total. The molecule has 0 heteroatoms. The molecule has 3 rings (SSSR count). The summed E-state index contributed by atoms with van der Waals surface area (Å²) < 4.78 is 0. The Kier molecular flexibility index (Phi) is 2.02. The molecule has 0 spiro atoms. The first-order valence-corrected chi connectivity index (χ1v) is 5.94. The van der Waals surface area contributed by atoms with E-state index in [4.69, 9.17) is 0 Å². The summed E-state index contributed by atoms with van der Waals surface area (Å²) in [6.45, 7) is 12.3. The van der Waals surface area contributed by atoms with Gasteiger partial charge in [-0.25, -0.2) is 0 Å². The van der Waals surface area contributed by atoms with Crippen molar-refractivity contribution < 1.29 is 0 Å². The monoisotopic (exact) mass is 180 g/mol. The zero-order valence-electron chi connectivity index (χ0n) is 9.80. The summed E-state index contributed by atoms with van der Waals surface area (Å²) in [5.74, 6) is 4.95. The van der Waals surface area contributed by atoms with Gasteiger partial charge < -0.3 is 0 Å². The third kappa shape index (κ3) is 1.17. The van der Waals surface area contributed by atoms with Crippen molar-refractivity contribution in [1.82, 2.24) is 0 Å². The fourth-order valence-corrected chi connectivity index (χ4v) is 4.07. The van der Waals surface area contributed by atoms with E-state index in [1.807, 2.05) is 0 Å². The number of fused-ring (bicyclic) bond motifs is 2. The lowest BCUT2D eigenvalue weighted by Gasteiger charge is -2.63. The Labute approximate surface area is 83.1 Å². The van der Waals surface area contributed by atoms with Gasteiger partial charge >= 0.3 is 0 Å². The smallest absolute Gasteiger partial charge is 0.0295 e. The van der Waals surface area contributed by atoms with Crippen molar-refractivity contribution in [2.75, 3.05) is 0 Å². The van der Waals surface area contributed by atoms with Crippen LogP contribution < -0.4 is 0 Å². The molecule has 0 aliphatic heterocycles. The van der Waals surface area contributed by atoms with E-state index in [1.165, 1.54) is 12.8 Å². The molecule has 3 saturated carbocycles. The van der Waals surface area contributed by atoms with Gasteiger partial charge in [-0.15, -0.1) is 0 Å². The minimum Gasteiger partial charge on any atom is -0.0625 e. The highest BCUT2D eigenvalue weighted by molar-refractivity contribution is 5.05. The SMILES string of the molecule is CC(C)C1CC2CC([C@@H]1C)C2(C)C. The first kappa shape index (κ1) is 9.55. The molecule has 2 bridgehead atoms. The lowest BCUT2D eigenvalue weighted by Crippen LogP contribution is -2.55. The Bertz CT molecular complexity index is 200. The summed E-state index contributed by atoms with van der Waals surface area (Å²) in [5, 5.41) is 0. The van der Waals surface area contributed by atoms with Crippen molar-refractivity contribution in [3.8, 4) is 0 Å². The third-order valence-electron chi connectivity index (χ3n) is 5.27. The zero-order chi connectivity index (χ0) is 9.80. The van der Waals surface area contributed by atoms with Gasteiger partial charge in [-0.2, -0.15) is 0 Å². The first-order valence-electron chi connectivity index (χ1n) is 5.94. The van der Waals surface area contributed by atoms with E-state index >= 15 is 0 Å². The van der Waals surface area contributed by atoms with Crippen LogP contribution in [-0.2, 0) is 0 Å². The lowest BCUT2D eigenvalue weighted by atomic mass is 9.42. The molecule has 0 amide bonds. The van der Waals surface area contributed by atoms with Crippen molar-refractivity contribution in [2.24, 2.45) is 35.0 Å². The second kappa shape index (κ2) is 2.74. The summed E-state index contributed by atoms with van der Waals surface area (Å²) >= 11 is 0. The molecule has 0 radical (unpaired) electrons. The Morgan fingerprint density at radius 3 is 2.15 bits per heavy atom. The van der Waals surface area contributed by atoms with Crippen LogP contribution in [0.4, 0.5) is 0 Å². The van der Waals surface area contributed by atoms with Crippen LogP contribution in [0.25, 0.3) is 0 Å². The molecule has 3 aliphatic rings. The van der Waals surface area contributed by atoms with Crippen LogP contribution in [-0.4, -0.2) is 0 Å². The van der Waals surface area contributed by atoms with E-state index in [-0.39, 0.29) is 0 Å². The molecule has 0 aromatic rings. The third-order valence-corrected chi connectivity index (χ3v) is 5.27. The first-order chi connectivity index (χ1) is 5.94. The Morgan fingerprint density at radius 2 is 1.77 bits per heavy atom. The second-order valence-electron chi connectivity index (χ2n) is 6.36. The van der Waals surface area contributed by atoms with Gasteiger partial charge in [0.15, 0.2) is 0 Å². The average Bonchev–Trinajstić information content (AvgIpc) is 2.02. The van der Waals surface area contributed by atoms with Crippen molar-refractivity contribution in [3.05, 3.63) is 0 Å². The van der Waals surface area contributed by atoms with E-state index in [0.717, 1.165) is 29.6 Å². The van der Waals surface area contributed by atoms with E-state index in [1.54, 1.807) is 0 Å². The van der Waals surface area contributed by atoms with Gasteiger partial charge in [-0.05, 0) is 47.8 Å². The number of rotatable bonds is 1. The highest BCUT2D eigenvalue weighted by Gasteiger charge is 2.56. The molecule has 3 aliphatic carbocycles.